The lowest BCUT2D eigenvalue weighted by Crippen LogP contribution is -2.39. The molecule has 0 radical (unpaired) electrons. The maximum atomic E-state index is 12.3. The van der Waals surface area contributed by atoms with E-state index in [2.05, 4.69) is 20.6 Å². The van der Waals surface area contributed by atoms with Gasteiger partial charge >= 0.3 is 6.03 Å². The summed E-state index contributed by atoms with van der Waals surface area (Å²) in [5.41, 5.74) is 4.31. The Morgan fingerprint density at radius 2 is 1.96 bits per heavy atom. The van der Waals surface area contributed by atoms with Gasteiger partial charge < -0.3 is 15.0 Å². The van der Waals surface area contributed by atoms with Crippen LogP contribution in [0.15, 0.2) is 41.6 Å². The summed E-state index contributed by atoms with van der Waals surface area (Å²) >= 11 is 1.24. The van der Waals surface area contributed by atoms with Crippen molar-refractivity contribution in [3.8, 4) is 5.75 Å². The molecule has 0 spiro atoms. The summed E-state index contributed by atoms with van der Waals surface area (Å²) in [6.07, 6.45) is 0. The van der Waals surface area contributed by atoms with Crippen LogP contribution in [0.1, 0.15) is 18.1 Å². The number of imidazole rings is 1. The molecular weight excluding hydrogens is 376 g/mol. The van der Waals surface area contributed by atoms with Crippen molar-refractivity contribution in [3.63, 3.8) is 0 Å². The van der Waals surface area contributed by atoms with Crippen LogP contribution in [0.25, 0.3) is 11.0 Å². The Hall–Kier alpha value is -3.00. The highest BCUT2D eigenvalue weighted by Gasteiger charge is 2.19. The number of imide groups is 1. The fourth-order valence-electron chi connectivity index (χ4n) is 2.69. The first-order chi connectivity index (χ1) is 13.4. The smallest absolute Gasteiger partial charge is 0.325 e. The van der Waals surface area contributed by atoms with Gasteiger partial charge in [-0.1, -0.05) is 29.5 Å². The number of aromatic amines is 1. The average molecular weight is 398 g/mol. The van der Waals surface area contributed by atoms with Crippen molar-refractivity contribution in [2.75, 3.05) is 12.4 Å². The van der Waals surface area contributed by atoms with Crippen molar-refractivity contribution in [1.29, 1.82) is 0 Å². The maximum Gasteiger partial charge on any atom is 0.325 e. The first-order valence-corrected chi connectivity index (χ1v) is 9.63. The van der Waals surface area contributed by atoms with Crippen LogP contribution in [0.4, 0.5) is 10.5 Å². The van der Waals surface area contributed by atoms with Crippen molar-refractivity contribution >= 4 is 40.4 Å². The molecule has 0 saturated carbocycles. The number of hydrogen-bond acceptors (Lipinski definition) is 5. The lowest BCUT2D eigenvalue weighted by molar-refractivity contribution is -0.119. The van der Waals surface area contributed by atoms with Crippen molar-refractivity contribution in [2.24, 2.45) is 0 Å². The summed E-state index contributed by atoms with van der Waals surface area (Å²) in [5.74, 6) is 0.326. The third kappa shape index (κ3) is 4.64. The minimum absolute atomic E-state index is 0.398. The molecule has 0 bridgehead atoms. The third-order valence-electron chi connectivity index (χ3n) is 4.19. The lowest BCUT2D eigenvalue weighted by Gasteiger charge is -2.12. The zero-order chi connectivity index (χ0) is 20.3. The van der Waals surface area contributed by atoms with Crippen LogP contribution in [0.5, 0.6) is 5.75 Å². The molecule has 3 amide bonds. The molecule has 1 unspecified atom stereocenters. The van der Waals surface area contributed by atoms with Gasteiger partial charge in [-0.15, -0.1) is 0 Å². The number of carbonyl (C=O) groups is 2. The number of fused-ring (bicyclic) bond motifs is 1. The number of amides is 3. The molecule has 146 valence electrons. The number of anilines is 1. The zero-order valence-electron chi connectivity index (χ0n) is 16.1. The van der Waals surface area contributed by atoms with E-state index in [1.165, 1.54) is 11.8 Å². The second-order valence-corrected chi connectivity index (χ2v) is 7.78. The van der Waals surface area contributed by atoms with Gasteiger partial charge in [-0.3, -0.25) is 10.1 Å². The molecule has 8 heteroatoms. The number of benzene rings is 2. The van der Waals surface area contributed by atoms with Gasteiger partial charge in [0.1, 0.15) is 5.75 Å². The van der Waals surface area contributed by atoms with Gasteiger partial charge in [-0.05, 0) is 44.5 Å². The zero-order valence-corrected chi connectivity index (χ0v) is 16.9. The van der Waals surface area contributed by atoms with E-state index in [0.717, 1.165) is 27.9 Å². The first kappa shape index (κ1) is 19.8. The van der Waals surface area contributed by atoms with Gasteiger partial charge in [0.2, 0.25) is 5.91 Å². The third-order valence-corrected chi connectivity index (χ3v) is 5.18. The van der Waals surface area contributed by atoms with Crippen LogP contribution < -0.4 is 15.4 Å². The summed E-state index contributed by atoms with van der Waals surface area (Å²) in [5, 5.41) is 5.17. The highest BCUT2D eigenvalue weighted by Crippen LogP contribution is 2.25. The Morgan fingerprint density at radius 1 is 1.18 bits per heavy atom. The standard InChI is InChI=1S/C20H22N4O3S/c1-11-5-7-15(12(2)9-11)21-19(26)24-18(25)13(3)28-20-22-16-8-6-14(27-4)10-17(16)23-20/h5-10,13H,1-4H3,(H,22,23)(H2,21,24,25,26). The number of hydrogen-bond donors (Lipinski definition) is 3. The summed E-state index contributed by atoms with van der Waals surface area (Å²) in [7, 11) is 1.60. The van der Waals surface area contributed by atoms with Crippen LogP contribution in [-0.4, -0.2) is 34.3 Å². The van der Waals surface area contributed by atoms with Crippen LogP contribution in [0.2, 0.25) is 0 Å². The van der Waals surface area contributed by atoms with Crippen molar-refractivity contribution in [2.45, 2.75) is 31.2 Å². The van der Waals surface area contributed by atoms with Crippen molar-refractivity contribution in [3.05, 3.63) is 47.5 Å². The molecule has 2 aromatic carbocycles. The molecule has 7 nitrogen and oxygen atoms in total. The van der Waals surface area contributed by atoms with Gasteiger partial charge in [-0.2, -0.15) is 0 Å². The van der Waals surface area contributed by atoms with Gasteiger partial charge in [0.05, 0.1) is 23.4 Å². The SMILES string of the molecule is COc1ccc2nc(SC(C)C(=O)NC(=O)Nc3ccc(C)cc3C)[nH]c2c1. The van der Waals surface area contributed by atoms with Crippen LogP contribution in [-0.2, 0) is 4.79 Å². The molecule has 0 aliphatic rings. The molecule has 0 aliphatic carbocycles. The molecule has 3 rings (SSSR count). The van der Waals surface area contributed by atoms with E-state index in [9.17, 15) is 9.59 Å². The Bertz CT molecular complexity index is 1030. The quantitative estimate of drug-likeness (QED) is 0.564. The number of aromatic nitrogens is 2. The number of H-pyrrole nitrogens is 1. The Kier molecular flexibility index (Phi) is 5.89. The van der Waals surface area contributed by atoms with E-state index >= 15 is 0 Å². The molecule has 0 saturated heterocycles. The number of nitrogens with zero attached hydrogens (tertiary/aromatic N) is 1. The highest BCUT2D eigenvalue weighted by atomic mass is 32.2. The molecular formula is C20H22N4O3S. The van der Waals surface area contributed by atoms with Gasteiger partial charge in [0, 0.05) is 11.8 Å². The highest BCUT2D eigenvalue weighted by molar-refractivity contribution is 8.00. The van der Waals surface area contributed by atoms with Crippen molar-refractivity contribution < 1.29 is 14.3 Å². The molecule has 0 aliphatic heterocycles. The van der Waals surface area contributed by atoms with E-state index in [-0.39, 0.29) is 0 Å². The van der Waals surface area contributed by atoms with E-state index in [0.29, 0.717) is 10.8 Å². The second kappa shape index (κ2) is 8.35. The van der Waals surface area contributed by atoms with Crippen LogP contribution >= 0.6 is 11.8 Å². The molecule has 3 N–H and O–H groups in total. The van der Waals surface area contributed by atoms with Gasteiger partial charge in [-0.25, -0.2) is 9.78 Å². The van der Waals surface area contributed by atoms with Crippen LogP contribution in [0.3, 0.4) is 0 Å². The minimum Gasteiger partial charge on any atom is -0.497 e. The first-order valence-electron chi connectivity index (χ1n) is 8.75. The molecule has 28 heavy (non-hydrogen) atoms. The van der Waals surface area contributed by atoms with E-state index < -0.39 is 17.2 Å². The predicted octanol–water partition coefficient (Wildman–Crippen LogP) is 4.02. The largest absolute Gasteiger partial charge is 0.497 e. The Balaban J connectivity index is 1.60. The number of ether oxygens (including phenoxy) is 1. The van der Waals surface area contributed by atoms with E-state index in [4.69, 9.17) is 4.74 Å². The molecule has 1 atom stereocenters. The number of methoxy groups -OCH3 is 1. The van der Waals surface area contributed by atoms with Gasteiger partial charge in [0.15, 0.2) is 5.16 Å². The Morgan fingerprint density at radius 3 is 2.68 bits per heavy atom. The summed E-state index contributed by atoms with van der Waals surface area (Å²) in [4.78, 5) is 32.1. The average Bonchev–Trinajstić information content (AvgIpc) is 3.05. The fraction of sp³-hybridized carbons (Fsp3) is 0.250. The van der Waals surface area contributed by atoms with Crippen LogP contribution in [0, 0.1) is 13.8 Å². The number of carbonyl (C=O) groups excluding carboxylic acids is 2. The number of nitrogens with one attached hydrogen (secondary N) is 3. The predicted molar refractivity (Wildman–Crippen MR) is 111 cm³/mol. The summed E-state index contributed by atoms with van der Waals surface area (Å²) in [6.45, 7) is 5.60. The lowest BCUT2D eigenvalue weighted by atomic mass is 10.1. The molecule has 3 aromatic rings. The van der Waals surface area contributed by atoms with Crippen molar-refractivity contribution in [1.82, 2.24) is 15.3 Å². The number of aryl methyl sites for hydroxylation is 2. The number of thioether (sulfide) groups is 1. The van der Waals surface area contributed by atoms with E-state index in [1.54, 1.807) is 14.0 Å². The van der Waals surface area contributed by atoms with E-state index in [1.807, 2.05) is 50.2 Å². The monoisotopic (exact) mass is 398 g/mol. The molecule has 0 fully saturated rings. The van der Waals surface area contributed by atoms with Gasteiger partial charge in [0.25, 0.3) is 0 Å². The summed E-state index contributed by atoms with van der Waals surface area (Å²) < 4.78 is 5.20. The number of rotatable bonds is 5. The Labute approximate surface area is 167 Å². The molecule has 1 heterocycles. The fourth-order valence-corrected chi connectivity index (χ4v) is 3.51. The summed E-state index contributed by atoms with van der Waals surface area (Å²) in [6, 6.07) is 10.6. The minimum atomic E-state index is -0.557. The normalized spacial score (nSPS) is 11.9. The molecule has 1 aromatic heterocycles. The second-order valence-electron chi connectivity index (χ2n) is 6.45. The maximum absolute atomic E-state index is 12.3. The number of urea groups is 1. The topological polar surface area (TPSA) is 96.1 Å².